The highest BCUT2D eigenvalue weighted by Crippen LogP contribution is 2.42. The maximum Gasteiger partial charge on any atom is 0.164 e. The molecule has 0 N–H and O–H groups in total. The summed E-state index contributed by atoms with van der Waals surface area (Å²) in [5.41, 5.74) is 13.6. The van der Waals surface area contributed by atoms with Crippen LogP contribution in [-0.2, 0) is 0 Å². The second kappa shape index (κ2) is 14.0. The lowest BCUT2D eigenvalue weighted by Crippen LogP contribution is -2.00. The molecule has 0 unspecified atom stereocenters. The Morgan fingerprint density at radius 1 is 0.302 bits per heavy atom. The van der Waals surface area contributed by atoms with Gasteiger partial charge in [-0.25, -0.2) is 15.0 Å². The quantitative estimate of drug-likeness (QED) is 0.168. The minimum atomic E-state index is 0.639. The standard InChI is InChI=1S/C57H35N5O/c1-3-13-38(14-4-1)55-58-56(39-15-5-2-6-16-39)60-57(59-55)40-25-23-36(24-26-40)37-27-29-41(30-28-37)61-49-20-10-8-18-44(49)48-35-42(31-34-51(48)61)62-50-21-11-7-17-43(50)46-32-33-47-45-19-9-12-22-52(45)63-54(47)53(46)62/h1-35H. The minimum Gasteiger partial charge on any atom is -0.454 e. The summed E-state index contributed by atoms with van der Waals surface area (Å²) in [5, 5.41) is 7.02. The van der Waals surface area contributed by atoms with Crippen molar-refractivity contribution in [1.29, 1.82) is 0 Å². The Hall–Kier alpha value is -8.61. The van der Waals surface area contributed by atoms with Gasteiger partial charge in [0.1, 0.15) is 5.58 Å². The summed E-state index contributed by atoms with van der Waals surface area (Å²) >= 11 is 0. The van der Waals surface area contributed by atoms with Crippen LogP contribution in [0.25, 0.3) is 122 Å². The second-order valence-corrected chi connectivity index (χ2v) is 16.0. The van der Waals surface area contributed by atoms with Gasteiger partial charge in [0.05, 0.1) is 22.1 Å². The predicted molar refractivity (Wildman–Crippen MR) is 258 cm³/mol. The van der Waals surface area contributed by atoms with Crippen LogP contribution in [0.1, 0.15) is 0 Å². The Morgan fingerprint density at radius 2 is 0.762 bits per heavy atom. The molecule has 0 spiro atoms. The first-order valence-electron chi connectivity index (χ1n) is 21.2. The SMILES string of the molecule is c1ccc(-c2nc(-c3ccccc3)nc(-c3ccc(-c4ccc(-n5c6ccccc6c6cc(-n7c8ccccc8c8ccc9c%10ccccc%10oc9c87)ccc65)cc4)cc3)n2)cc1. The van der Waals surface area contributed by atoms with Gasteiger partial charge in [0.25, 0.3) is 0 Å². The van der Waals surface area contributed by atoms with E-state index >= 15 is 0 Å². The summed E-state index contributed by atoms with van der Waals surface area (Å²) in [6.45, 7) is 0. The number of furan rings is 1. The topological polar surface area (TPSA) is 61.7 Å². The Kier molecular flexibility index (Phi) is 7.80. The zero-order valence-corrected chi connectivity index (χ0v) is 33.9. The van der Waals surface area contributed by atoms with Gasteiger partial charge in [-0.2, -0.15) is 0 Å². The number of benzene rings is 9. The number of fused-ring (bicyclic) bond motifs is 10. The van der Waals surface area contributed by atoms with Crippen LogP contribution >= 0.6 is 0 Å². The lowest BCUT2D eigenvalue weighted by molar-refractivity contribution is 0.671. The summed E-state index contributed by atoms with van der Waals surface area (Å²) in [4.78, 5) is 14.7. The normalized spacial score (nSPS) is 11.8. The maximum atomic E-state index is 6.65. The van der Waals surface area contributed by atoms with Crippen molar-refractivity contribution in [1.82, 2.24) is 24.1 Å². The highest BCUT2D eigenvalue weighted by Gasteiger charge is 2.21. The van der Waals surface area contributed by atoms with Gasteiger partial charge in [0.2, 0.25) is 0 Å². The molecule has 294 valence electrons. The van der Waals surface area contributed by atoms with Crippen LogP contribution in [0, 0.1) is 0 Å². The Bertz CT molecular complexity index is 3820. The molecule has 6 nitrogen and oxygen atoms in total. The first-order chi connectivity index (χ1) is 31.2. The van der Waals surface area contributed by atoms with E-state index in [1.165, 1.54) is 21.5 Å². The van der Waals surface area contributed by atoms with Crippen LogP contribution in [0.15, 0.2) is 217 Å². The molecule has 0 radical (unpaired) electrons. The van der Waals surface area contributed by atoms with E-state index in [2.05, 4.69) is 155 Å². The molecule has 6 heteroatoms. The van der Waals surface area contributed by atoms with E-state index in [1.807, 2.05) is 66.7 Å². The van der Waals surface area contributed by atoms with E-state index in [4.69, 9.17) is 19.4 Å². The second-order valence-electron chi connectivity index (χ2n) is 16.0. The summed E-state index contributed by atoms with van der Waals surface area (Å²) in [6.07, 6.45) is 0. The van der Waals surface area contributed by atoms with Crippen molar-refractivity contribution < 1.29 is 4.42 Å². The average Bonchev–Trinajstić information content (AvgIpc) is 4.02. The molecule has 0 saturated heterocycles. The van der Waals surface area contributed by atoms with E-state index < -0.39 is 0 Å². The number of aromatic nitrogens is 5. The van der Waals surface area contributed by atoms with Crippen LogP contribution in [0.5, 0.6) is 0 Å². The third-order valence-electron chi connectivity index (χ3n) is 12.4. The molecule has 13 rings (SSSR count). The number of hydrogen-bond donors (Lipinski definition) is 0. The third kappa shape index (κ3) is 5.62. The van der Waals surface area contributed by atoms with Crippen LogP contribution in [0.2, 0.25) is 0 Å². The summed E-state index contributed by atoms with van der Waals surface area (Å²) in [5.74, 6) is 1.94. The lowest BCUT2D eigenvalue weighted by Gasteiger charge is -2.11. The fourth-order valence-electron chi connectivity index (χ4n) is 9.43. The van der Waals surface area contributed by atoms with Crippen molar-refractivity contribution in [3.8, 4) is 56.7 Å². The van der Waals surface area contributed by atoms with Gasteiger partial charge in [0, 0.05) is 60.4 Å². The molecule has 4 aromatic heterocycles. The van der Waals surface area contributed by atoms with Crippen molar-refractivity contribution in [2.24, 2.45) is 0 Å². The van der Waals surface area contributed by atoms with E-state index in [1.54, 1.807) is 0 Å². The largest absolute Gasteiger partial charge is 0.454 e. The molecule has 4 heterocycles. The molecule has 0 bridgehead atoms. The first kappa shape index (κ1) is 35.2. The summed E-state index contributed by atoms with van der Waals surface area (Å²) < 4.78 is 11.4. The molecule has 0 fully saturated rings. The molecule has 0 aliphatic carbocycles. The van der Waals surface area contributed by atoms with Crippen LogP contribution in [0.4, 0.5) is 0 Å². The van der Waals surface area contributed by atoms with Crippen molar-refractivity contribution in [2.45, 2.75) is 0 Å². The summed E-state index contributed by atoms with van der Waals surface area (Å²) in [7, 11) is 0. The molecular formula is C57H35N5O. The highest BCUT2D eigenvalue weighted by molar-refractivity contribution is 6.21. The summed E-state index contributed by atoms with van der Waals surface area (Å²) in [6, 6.07) is 74.5. The first-order valence-corrected chi connectivity index (χ1v) is 21.2. The Labute approximate surface area is 361 Å². The van der Waals surface area contributed by atoms with Gasteiger partial charge < -0.3 is 13.6 Å². The smallest absolute Gasteiger partial charge is 0.164 e. The molecule has 0 aliphatic heterocycles. The van der Waals surface area contributed by atoms with Gasteiger partial charge in [-0.15, -0.1) is 0 Å². The number of hydrogen-bond acceptors (Lipinski definition) is 4. The Morgan fingerprint density at radius 3 is 1.41 bits per heavy atom. The molecule has 9 aromatic carbocycles. The van der Waals surface area contributed by atoms with Gasteiger partial charge in [-0.3, -0.25) is 0 Å². The average molecular weight is 806 g/mol. The molecule has 0 amide bonds. The molecule has 13 aromatic rings. The third-order valence-corrected chi connectivity index (χ3v) is 12.4. The molecular weight excluding hydrogens is 771 g/mol. The van der Waals surface area contributed by atoms with Gasteiger partial charge in [0.15, 0.2) is 23.1 Å². The molecule has 63 heavy (non-hydrogen) atoms. The van der Waals surface area contributed by atoms with Crippen LogP contribution < -0.4 is 0 Å². The maximum absolute atomic E-state index is 6.65. The highest BCUT2D eigenvalue weighted by atomic mass is 16.3. The fourth-order valence-corrected chi connectivity index (χ4v) is 9.43. The van der Waals surface area contributed by atoms with Crippen molar-refractivity contribution in [3.05, 3.63) is 212 Å². The molecule has 0 saturated carbocycles. The van der Waals surface area contributed by atoms with Crippen LogP contribution in [0.3, 0.4) is 0 Å². The van der Waals surface area contributed by atoms with Gasteiger partial charge in [-0.05, 0) is 65.7 Å². The zero-order chi connectivity index (χ0) is 41.4. The van der Waals surface area contributed by atoms with E-state index in [0.717, 1.165) is 83.2 Å². The predicted octanol–water partition coefficient (Wildman–Crippen LogP) is 14.6. The zero-order valence-electron chi connectivity index (χ0n) is 33.9. The van der Waals surface area contributed by atoms with Gasteiger partial charge >= 0.3 is 0 Å². The van der Waals surface area contributed by atoms with Crippen LogP contribution in [-0.4, -0.2) is 24.1 Å². The Balaban J connectivity index is 0.886. The van der Waals surface area contributed by atoms with E-state index in [-0.39, 0.29) is 0 Å². The van der Waals surface area contributed by atoms with Crippen molar-refractivity contribution in [3.63, 3.8) is 0 Å². The fraction of sp³-hybridized carbons (Fsp3) is 0. The van der Waals surface area contributed by atoms with Gasteiger partial charge in [-0.1, -0.05) is 158 Å². The molecule has 0 atom stereocenters. The minimum absolute atomic E-state index is 0.639. The monoisotopic (exact) mass is 805 g/mol. The lowest BCUT2D eigenvalue weighted by atomic mass is 10.0. The number of nitrogens with zero attached hydrogens (tertiary/aromatic N) is 5. The van der Waals surface area contributed by atoms with E-state index in [9.17, 15) is 0 Å². The molecule has 0 aliphatic rings. The van der Waals surface area contributed by atoms with Crippen molar-refractivity contribution >= 4 is 65.6 Å². The number of rotatable bonds is 6. The van der Waals surface area contributed by atoms with E-state index in [0.29, 0.717) is 17.5 Å². The van der Waals surface area contributed by atoms with Crippen molar-refractivity contribution in [2.75, 3.05) is 0 Å². The number of para-hydroxylation sites is 3.